The Hall–Kier alpha value is -3.45. The summed E-state index contributed by atoms with van der Waals surface area (Å²) >= 11 is 0. The van der Waals surface area contributed by atoms with E-state index in [2.05, 4.69) is 53.9 Å². The summed E-state index contributed by atoms with van der Waals surface area (Å²) in [5, 5.41) is 11.9. The normalized spacial score (nSPS) is 10.8. The van der Waals surface area contributed by atoms with Gasteiger partial charge in [-0.15, -0.1) is 0 Å². The van der Waals surface area contributed by atoms with E-state index in [9.17, 15) is 5.26 Å². The highest BCUT2D eigenvalue weighted by atomic mass is 15.0. The fourth-order valence-corrected chi connectivity index (χ4v) is 3.43. The van der Waals surface area contributed by atoms with E-state index < -0.39 is 0 Å². The number of fused-ring (bicyclic) bond motifs is 1. The van der Waals surface area contributed by atoms with Crippen molar-refractivity contribution in [1.82, 2.24) is 9.55 Å². The van der Waals surface area contributed by atoms with E-state index in [-0.39, 0.29) is 0 Å². The molecule has 4 aromatic rings. The van der Waals surface area contributed by atoms with Crippen molar-refractivity contribution < 1.29 is 4.57 Å². The van der Waals surface area contributed by atoms with E-state index in [0.717, 1.165) is 28.3 Å². The Morgan fingerprint density at radius 1 is 1.08 bits per heavy atom. The first-order chi connectivity index (χ1) is 12.6. The van der Waals surface area contributed by atoms with Crippen LogP contribution in [0.2, 0.25) is 0 Å². The van der Waals surface area contributed by atoms with Crippen LogP contribution < -0.4 is 4.57 Å². The number of pyridine rings is 1. The van der Waals surface area contributed by atoms with Crippen molar-refractivity contribution in [3.63, 3.8) is 0 Å². The van der Waals surface area contributed by atoms with Gasteiger partial charge in [0.25, 0.3) is 0 Å². The lowest BCUT2D eigenvalue weighted by atomic mass is 10.0. The topological polar surface area (TPSA) is 45.5 Å². The van der Waals surface area contributed by atoms with Crippen LogP contribution in [0, 0.1) is 25.2 Å². The Morgan fingerprint density at radius 3 is 2.54 bits per heavy atom. The molecule has 0 radical (unpaired) electrons. The highest BCUT2D eigenvalue weighted by Gasteiger charge is 2.21. The Balaban J connectivity index is 2.02. The lowest BCUT2D eigenvalue weighted by Crippen LogP contribution is -2.35. The van der Waals surface area contributed by atoms with Gasteiger partial charge in [0.1, 0.15) is 5.82 Å². The van der Waals surface area contributed by atoms with E-state index in [1.807, 2.05) is 42.1 Å². The van der Waals surface area contributed by atoms with E-state index in [1.54, 1.807) is 6.20 Å². The molecular weight excluding hydrogens is 320 g/mol. The Bertz CT molecular complexity index is 1180. The number of benzene rings is 2. The summed E-state index contributed by atoms with van der Waals surface area (Å²) in [7, 11) is 1.97. The molecule has 0 saturated heterocycles. The Labute approximate surface area is 152 Å². The molecule has 2 heterocycles. The molecule has 0 amide bonds. The van der Waals surface area contributed by atoms with Gasteiger partial charge in [-0.1, -0.05) is 18.2 Å². The van der Waals surface area contributed by atoms with Crippen molar-refractivity contribution in [3.05, 3.63) is 77.9 Å². The average molecular weight is 339 g/mol. The van der Waals surface area contributed by atoms with Gasteiger partial charge < -0.3 is 4.57 Å². The second-order valence-corrected chi connectivity index (χ2v) is 6.56. The minimum atomic E-state index is 0.628. The second kappa shape index (κ2) is 6.12. The number of nitrogens with zero attached hydrogens (tertiary/aromatic N) is 4. The first-order valence-corrected chi connectivity index (χ1v) is 8.52. The molecule has 0 N–H and O–H groups in total. The molecule has 0 saturated carbocycles. The van der Waals surface area contributed by atoms with Gasteiger partial charge in [0.05, 0.1) is 11.6 Å². The number of nitriles is 1. The number of aromatic nitrogens is 3. The molecule has 0 aliphatic carbocycles. The zero-order chi connectivity index (χ0) is 18.3. The molecule has 2 aromatic carbocycles. The summed E-state index contributed by atoms with van der Waals surface area (Å²) in [6.45, 7) is 4.17. The molecule has 0 fully saturated rings. The first-order valence-electron chi connectivity index (χ1n) is 8.52. The van der Waals surface area contributed by atoms with Crippen LogP contribution in [0.1, 0.15) is 16.8 Å². The molecule has 0 bridgehead atoms. The molecular formula is C22H19N4+. The van der Waals surface area contributed by atoms with Crippen molar-refractivity contribution in [2.75, 3.05) is 0 Å². The van der Waals surface area contributed by atoms with Crippen LogP contribution in [0.3, 0.4) is 0 Å². The van der Waals surface area contributed by atoms with Gasteiger partial charge in [0, 0.05) is 55.0 Å². The zero-order valence-corrected chi connectivity index (χ0v) is 15.1. The van der Waals surface area contributed by atoms with Crippen molar-refractivity contribution in [2.45, 2.75) is 13.8 Å². The summed E-state index contributed by atoms with van der Waals surface area (Å²) in [6, 6.07) is 16.6. The number of aryl methyl sites for hydroxylation is 2. The zero-order valence-electron chi connectivity index (χ0n) is 15.1. The highest BCUT2D eigenvalue weighted by Crippen LogP contribution is 2.27. The smallest absolute Gasteiger partial charge is 0.215 e. The van der Waals surface area contributed by atoms with E-state index in [4.69, 9.17) is 0 Å². The predicted molar refractivity (Wildman–Crippen MR) is 102 cm³/mol. The summed E-state index contributed by atoms with van der Waals surface area (Å²) in [6.07, 6.45) is 5.83. The second-order valence-electron chi connectivity index (χ2n) is 6.56. The summed E-state index contributed by atoms with van der Waals surface area (Å²) in [5.41, 5.74) is 4.83. The molecule has 4 nitrogen and oxygen atoms in total. The van der Waals surface area contributed by atoms with E-state index in [1.165, 1.54) is 10.8 Å². The van der Waals surface area contributed by atoms with Crippen molar-refractivity contribution in [1.29, 1.82) is 5.26 Å². The minimum absolute atomic E-state index is 0.628. The van der Waals surface area contributed by atoms with Gasteiger partial charge in [0.15, 0.2) is 11.9 Å². The Morgan fingerprint density at radius 2 is 1.85 bits per heavy atom. The SMILES string of the molecule is Cc1c(-c2nccn2C)cc(C#N)cc1-[n+]1cc2ccccc2cc1C. The van der Waals surface area contributed by atoms with Crippen molar-refractivity contribution >= 4 is 10.8 Å². The third-order valence-electron chi connectivity index (χ3n) is 4.84. The van der Waals surface area contributed by atoms with Crippen molar-refractivity contribution in [3.8, 4) is 23.1 Å². The summed E-state index contributed by atoms with van der Waals surface area (Å²) in [4.78, 5) is 4.47. The van der Waals surface area contributed by atoms with Gasteiger partial charge >= 0.3 is 0 Å². The minimum Gasteiger partial charge on any atom is -0.334 e. The van der Waals surface area contributed by atoms with Crippen LogP contribution in [0.25, 0.3) is 27.8 Å². The Kier molecular flexibility index (Phi) is 3.78. The van der Waals surface area contributed by atoms with E-state index >= 15 is 0 Å². The standard InChI is InChI=1S/C22H19N4/c1-15-10-18-6-4-5-7-19(18)14-26(15)21-12-17(13-23)11-20(16(21)2)22-24-8-9-25(22)3/h4-12,14H,1-3H3/q+1. The molecule has 0 aliphatic rings. The number of hydrogen-bond donors (Lipinski definition) is 0. The van der Waals surface area contributed by atoms with Crippen LogP contribution >= 0.6 is 0 Å². The molecule has 0 aliphatic heterocycles. The van der Waals surface area contributed by atoms with Crippen LogP contribution in [-0.4, -0.2) is 9.55 Å². The fourth-order valence-electron chi connectivity index (χ4n) is 3.43. The number of hydrogen-bond acceptors (Lipinski definition) is 2. The maximum atomic E-state index is 9.55. The van der Waals surface area contributed by atoms with Gasteiger partial charge in [-0.2, -0.15) is 9.83 Å². The van der Waals surface area contributed by atoms with Gasteiger partial charge in [0.2, 0.25) is 5.69 Å². The predicted octanol–water partition coefficient (Wildman–Crippen LogP) is 4.01. The number of rotatable bonds is 2. The van der Waals surface area contributed by atoms with Crippen LogP contribution in [-0.2, 0) is 7.05 Å². The fraction of sp³-hybridized carbons (Fsp3) is 0.136. The third kappa shape index (κ3) is 2.55. The monoisotopic (exact) mass is 339 g/mol. The molecule has 0 spiro atoms. The summed E-state index contributed by atoms with van der Waals surface area (Å²) < 4.78 is 4.14. The van der Waals surface area contributed by atoms with E-state index in [0.29, 0.717) is 5.56 Å². The van der Waals surface area contributed by atoms with Gasteiger partial charge in [-0.05, 0) is 24.4 Å². The lowest BCUT2D eigenvalue weighted by molar-refractivity contribution is -0.601. The van der Waals surface area contributed by atoms with Gasteiger partial charge in [-0.3, -0.25) is 0 Å². The molecule has 0 atom stereocenters. The maximum absolute atomic E-state index is 9.55. The van der Waals surface area contributed by atoms with Crippen molar-refractivity contribution in [2.24, 2.45) is 7.05 Å². The molecule has 4 rings (SSSR count). The molecule has 2 aromatic heterocycles. The largest absolute Gasteiger partial charge is 0.334 e. The molecule has 4 heteroatoms. The quantitative estimate of drug-likeness (QED) is 0.518. The maximum Gasteiger partial charge on any atom is 0.215 e. The highest BCUT2D eigenvalue weighted by molar-refractivity contribution is 5.81. The average Bonchev–Trinajstić information content (AvgIpc) is 3.07. The van der Waals surface area contributed by atoms with Crippen LogP contribution in [0.5, 0.6) is 0 Å². The van der Waals surface area contributed by atoms with Crippen LogP contribution in [0.4, 0.5) is 0 Å². The summed E-state index contributed by atoms with van der Waals surface area (Å²) in [5.74, 6) is 0.861. The molecule has 126 valence electrons. The molecule has 0 unspecified atom stereocenters. The number of imidazole rings is 1. The third-order valence-corrected chi connectivity index (χ3v) is 4.84. The van der Waals surface area contributed by atoms with Gasteiger partial charge in [-0.25, -0.2) is 4.98 Å². The molecule has 26 heavy (non-hydrogen) atoms. The first kappa shape index (κ1) is 16.0. The van der Waals surface area contributed by atoms with Crippen LogP contribution in [0.15, 0.2) is 61.1 Å². The lowest BCUT2D eigenvalue weighted by Gasteiger charge is -2.10.